The van der Waals surface area contributed by atoms with E-state index in [9.17, 15) is 9.59 Å². The summed E-state index contributed by atoms with van der Waals surface area (Å²) in [7, 11) is 0. The summed E-state index contributed by atoms with van der Waals surface area (Å²) in [6.45, 7) is 1.17. The molecule has 0 bridgehead atoms. The van der Waals surface area contributed by atoms with Crippen molar-refractivity contribution in [3.63, 3.8) is 0 Å². The first-order chi connectivity index (χ1) is 10.1. The van der Waals surface area contributed by atoms with Crippen LogP contribution in [0.1, 0.15) is 43.4 Å². The standard InChI is InChI=1S/C16H22N2O2S/c17-14(19)12-6-9-18(11-12)15(20)16(7-2-1-3-8-16)13-5-4-10-21-13/h4-5,10,12H,1-3,6-9,11H2,(H2,17,19). The molecule has 1 aromatic heterocycles. The van der Waals surface area contributed by atoms with Crippen LogP contribution in [0.4, 0.5) is 0 Å². The third-order valence-electron chi connectivity index (χ3n) is 4.99. The van der Waals surface area contributed by atoms with Gasteiger partial charge in [0.2, 0.25) is 11.8 Å². The molecule has 4 nitrogen and oxygen atoms in total. The highest BCUT2D eigenvalue weighted by Gasteiger charge is 2.46. The van der Waals surface area contributed by atoms with Crippen molar-refractivity contribution in [1.29, 1.82) is 0 Å². The molecule has 114 valence electrons. The van der Waals surface area contributed by atoms with Crippen LogP contribution in [-0.2, 0) is 15.0 Å². The fourth-order valence-electron chi connectivity index (χ4n) is 3.75. The average molecular weight is 306 g/mol. The Balaban J connectivity index is 1.84. The number of amides is 2. The third-order valence-corrected chi connectivity index (χ3v) is 6.06. The van der Waals surface area contributed by atoms with E-state index in [0.717, 1.165) is 25.7 Å². The van der Waals surface area contributed by atoms with Gasteiger partial charge >= 0.3 is 0 Å². The maximum atomic E-state index is 13.2. The molecule has 2 aliphatic rings. The fraction of sp³-hybridized carbons (Fsp3) is 0.625. The van der Waals surface area contributed by atoms with Gasteiger partial charge in [-0.1, -0.05) is 25.3 Å². The van der Waals surface area contributed by atoms with Crippen LogP contribution in [0.5, 0.6) is 0 Å². The first kappa shape index (κ1) is 14.6. The lowest BCUT2D eigenvalue weighted by Gasteiger charge is -2.38. The third kappa shape index (κ3) is 2.59. The molecule has 2 N–H and O–H groups in total. The van der Waals surface area contributed by atoms with Gasteiger partial charge in [0.05, 0.1) is 11.3 Å². The quantitative estimate of drug-likeness (QED) is 0.931. The van der Waals surface area contributed by atoms with Gasteiger partial charge in [0.15, 0.2) is 0 Å². The Morgan fingerprint density at radius 2 is 2.05 bits per heavy atom. The Morgan fingerprint density at radius 1 is 1.29 bits per heavy atom. The summed E-state index contributed by atoms with van der Waals surface area (Å²) < 4.78 is 0. The smallest absolute Gasteiger partial charge is 0.234 e. The van der Waals surface area contributed by atoms with E-state index in [1.165, 1.54) is 11.3 Å². The number of thiophene rings is 1. The van der Waals surface area contributed by atoms with Crippen molar-refractivity contribution in [1.82, 2.24) is 4.90 Å². The minimum absolute atomic E-state index is 0.169. The predicted molar refractivity (Wildman–Crippen MR) is 83.0 cm³/mol. The highest BCUT2D eigenvalue weighted by molar-refractivity contribution is 7.10. The summed E-state index contributed by atoms with van der Waals surface area (Å²) in [6.07, 6.45) is 6.01. The molecule has 1 saturated carbocycles. The number of primary amides is 1. The van der Waals surface area contributed by atoms with E-state index in [4.69, 9.17) is 5.73 Å². The summed E-state index contributed by atoms with van der Waals surface area (Å²) in [6, 6.07) is 4.12. The van der Waals surface area contributed by atoms with Gasteiger partial charge in [0.25, 0.3) is 0 Å². The van der Waals surface area contributed by atoms with Gasteiger partial charge in [-0.2, -0.15) is 0 Å². The summed E-state index contributed by atoms with van der Waals surface area (Å²) in [4.78, 5) is 27.6. The fourth-order valence-corrected chi connectivity index (χ4v) is 4.73. The molecule has 0 radical (unpaired) electrons. The zero-order chi connectivity index (χ0) is 14.9. The van der Waals surface area contributed by atoms with Gasteiger partial charge in [-0.3, -0.25) is 9.59 Å². The van der Waals surface area contributed by atoms with Crippen LogP contribution in [-0.4, -0.2) is 29.8 Å². The van der Waals surface area contributed by atoms with Crippen molar-refractivity contribution >= 4 is 23.2 Å². The molecule has 0 spiro atoms. The number of hydrogen-bond acceptors (Lipinski definition) is 3. The molecule has 3 rings (SSSR count). The van der Waals surface area contributed by atoms with Crippen molar-refractivity contribution in [2.24, 2.45) is 11.7 Å². The monoisotopic (exact) mass is 306 g/mol. The van der Waals surface area contributed by atoms with Crippen LogP contribution >= 0.6 is 11.3 Å². The number of nitrogens with zero attached hydrogens (tertiary/aromatic N) is 1. The van der Waals surface area contributed by atoms with Gasteiger partial charge in [-0.15, -0.1) is 11.3 Å². The largest absolute Gasteiger partial charge is 0.369 e. The van der Waals surface area contributed by atoms with Gasteiger partial charge in [-0.05, 0) is 30.7 Å². The molecule has 1 atom stereocenters. The zero-order valence-corrected chi connectivity index (χ0v) is 13.0. The van der Waals surface area contributed by atoms with Gasteiger partial charge in [0, 0.05) is 18.0 Å². The SMILES string of the molecule is NC(=O)C1CCN(C(=O)C2(c3cccs3)CCCCC2)C1. The van der Waals surface area contributed by atoms with Crippen molar-refractivity contribution in [2.45, 2.75) is 43.9 Å². The molecule has 1 aliphatic heterocycles. The molecule has 1 aromatic rings. The average Bonchev–Trinajstić information content (AvgIpc) is 3.18. The minimum atomic E-state index is -0.348. The Bertz CT molecular complexity index is 520. The lowest BCUT2D eigenvalue weighted by atomic mass is 9.72. The summed E-state index contributed by atoms with van der Waals surface area (Å²) in [5.74, 6) is -0.231. The lowest BCUT2D eigenvalue weighted by molar-refractivity contribution is -0.138. The van der Waals surface area contributed by atoms with Crippen LogP contribution in [0.15, 0.2) is 17.5 Å². The molecule has 1 saturated heterocycles. The van der Waals surface area contributed by atoms with Crippen molar-refractivity contribution < 1.29 is 9.59 Å². The Labute approximate surface area is 129 Å². The Hall–Kier alpha value is -1.36. The van der Waals surface area contributed by atoms with Crippen molar-refractivity contribution in [3.05, 3.63) is 22.4 Å². The molecule has 21 heavy (non-hydrogen) atoms. The van der Waals surface area contributed by atoms with Crippen LogP contribution in [0, 0.1) is 5.92 Å². The van der Waals surface area contributed by atoms with Gasteiger partial charge in [0.1, 0.15) is 0 Å². The highest BCUT2D eigenvalue weighted by atomic mass is 32.1. The van der Waals surface area contributed by atoms with Crippen LogP contribution in [0.25, 0.3) is 0 Å². The molecular formula is C16H22N2O2S. The first-order valence-corrected chi connectivity index (χ1v) is 8.64. The van der Waals surface area contributed by atoms with Crippen molar-refractivity contribution in [2.75, 3.05) is 13.1 Å². The Kier molecular flexibility index (Phi) is 4.02. The topological polar surface area (TPSA) is 63.4 Å². The second-order valence-corrected chi connectivity index (χ2v) is 7.21. The number of hydrogen-bond donors (Lipinski definition) is 1. The Morgan fingerprint density at radius 3 is 2.62 bits per heavy atom. The summed E-state index contributed by atoms with van der Waals surface area (Å²) in [5, 5.41) is 2.05. The molecule has 2 fully saturated rings. The van der Waals surface area contributed by atoms with E-state index in [1.807, 2.05) is 11.0 Å². The van der Waals surface area contributed by atoms with Crippen molar-refractivity contribution in [3.8, 4) is 0 Å². The van der Waals surface area contributed by atoms with Crippen LogP contribution in [0.2, 0.25) is 0 Å². The van der Waals surface area contributed by atoms with Gasteiger partial charge < -0.3 is 10.6 Å². The first-order valence-electron chi connectivity index (χ1n) is 7.76. The number of rotatable bonds is 3. The van der Waals surface area contributed by atoms with E-state index in [-0.39, 0.29) is 23.1 Å². The highest BCUT2D eigenvalue weighted by Crippen LogP contribution is 2.43. The molecule has 1 unspecified atom stereocenters. The second-order valence-electron chi connectivity index (χ2n) is 6.26. The van der Waals surface area contributed by atoms with Crippen LogP contribution < -0.4 is 5.73 Å². The normalized spacial score (nSPS) is 25.0. The predicted octanol–water partition coefficient (Wildman–Crippen LogP) is 2.28. The minimum Gasteiger partial charge on any atom is -0.369 e. The van der Waals surface area contributed by atoms with E-state index in [2.05, 4.69) is 11.4 Å². The van der Waals surface area contributed by atoms with E-state index >= 15 is 0 Å². The molecule has 1 aliphatic carbocycles. The summed E-state index contributed by atoms with van der Waals surface area (Å²) >= 11 is 1.68. The number of carbonyl (C=O) groups is 2. The maximum Gasteiger partial charge on any atom is 0.234 e. The second kappa shape index (κ2) is 5.79. The van der Waals surface area contributed by atoms with E-state index in [0.29, 0.717) is 19.5 Å². The van der Waals surface area contributed by atoms with E-state index < -0.39 is 0 Å². The van der Waals surface area contributed by atoms with Gasteiger partial charge in [-0.25, -0.2) is 0 Å². The molecule has 0 aromatic carbocycles. The lowest BCUT2D eigenvalue weighted by Crippen LogP contribution is -2.47. The maximum absolute atomic E-state index is 13.2. The summed E-state index contributed by atoms with van der Waals surface area (Å²) in [5.41, 5.74) is 5.04. The number of carbonyl (C=O) groups excluding carboxylic acids is 2. The van der Waals surface area contributed by atoms with Crippen LogP contribution in [0.3, 0.4) is 0 Å². The number of likely N-dealkylation sites (tertiary alicyclic amines) is 1. The molecule has 2 heterocycles. The molecule has 2 amide bonds. The van der Waals surface area contributed by atoms with E-state index in [1.54, 1.807) is 11.3 Å². The number of nitrogens with two attached hydrogens (primary N) is 1. The zero-order valence-electron chi connectivity index (χ0n) is 12.2. The molecule has 5 heteroatoms. The molecular weight excluding hydrogens is 284 g/mol.